The zero-order valence-corrected chi connectivity index (χ0v) is 13.1. The van der Waals surface area contributed by atoms with E-state index in [2.05, 4.69) is 51.8 Å². The topological polar surface area (TPSA) is 24.5 Å². The van der Waals surface area contributed by atoms with Gasteiger partial charge in [-0.2, -0.15) is 0 Å². The van der Waals surface area contributed by atoms with E-state index in [0.29, 0.717) is 18.1 Å². The van der Waals surface area contributed by atoms with Crippen LogP contribution in [-0.4, -0.2) is 48.8 Å². The second-order valence-electron chi connectivity index (χ2n) is 6.63. The van der Waals surface area contributed by atoms with Gasteiger partial charge in [0.15, 0.2) is 0 Å². The van der Waals surface area contributed by atoms with Crippen LogP contribution in [0.25, 0.3) is 0 Å². The minimum Gasteiger partial charge on any atom is -0.370 e. The maximum atomic E-state index is 6.00. The Bertz CT molecular complexity index is 241. The minimum absolute atomic E-state index is 0.0183. The normalized spacial score (nSPS) is 26.5. The average molecular weight is 256 g/mol. The van der Waals surface area contributed by atoms with Crippen LogP contribution < -0.4 is 5.32 Å². The Morgan fingerprint density at radius 1 is 1.39 bits per heavy atom. The van der Waals surface area contributed by atoms with E-state index in [0.717, 1.165) is 26.2 Å². The number of hydrogen-bond acceptors (Lipinski definition) is 3. The summed E-state index contributed by atoms with van der Waals surface area (Å²) in [7, 11) is 0. The summed E-state index contributed by atoms with van der Waals surface area (Å²) in [6.45, 7) is 17.8. The summed E-state index contributed by atoms with van der Waals surface area (Å²) in [6.07, 6.45) is 1.54. The number of rotatable bonds is 6. The van der Waals surface area contributed by atoms with Crippen molar-refractivity contribution in [2.45, 2.75) is 65.7 Å². The van der Waals surface area contributed by atoms with Crippen molar-refractivity contribution >= 4 is 0 Å². The minimum atomic E-state index is -0.0183. The van der Waals surface area contributed by atoms with Crippen molar-refractivity contribution in [2.24, 2.45) is 5.92 Å². The molecular weight excluding hydrogens is 224 g/mol. The summed E-state index contributed by atoms with van der Waals surface area (Å²) >= 11 is 0. The van der Waals surface area contributed by atoms with Crippen LogP contribution in [0.2, 0.25) is 0 Å². The highest BCUT2D eigenvalue weighted by molar-refractivity contribution is 4.88. The van der Waals surface area contributed by atoms with E-state index in [-0.39, 0.29) is 5.60 Å². The molecule has 1 heterocycles. The highest BCUT2D eigenvalue weighted by atomic mass is 16.5. The third kappa shape index (κ3) is 4.87. The standard InChI is InChI=1S/C15H32N2O/c1-7-8-16-9-14(12(2)3)17-10-13(4)18-15(5,6)11-17/h12-14,16H,7-11H2,1-6H3. The molecule has 0 bridgehead atoms. The lowest BCUT2D eigenvalue weighted by atomic mass is 9.97. The first-order valence-electron chi connectivity index (χ1n) is 7.48. The van der Waals surface area contributed by atoms with Crippen molar-refractivity contribution in [2.75, 3.05) is 26.2 Å². The van der Waals surface area contributed by atoms with Gasteiger partial charge in [0.1, 0.15) is 0 Å². The van der Waals surface area contributed by atoms with Gasteiger partial charge in [-0.05, 0) is 39.7 Å². The average Bonchev–Trinajstić information content (AvgIpc) is 2.20. The van der Waals surface area contributed by atoms with Crippen molar-refractivity contribution in [3.05, 3.63) is 0 Å². The van der Waals surface area contributed by atoms with E-state index < -0.39 is 0 Å². The second kappa shape index (κ2) is 6.88. The zero-order valence-electron chi connectivity index (χ0n) is 13.1. The molecule has 0 saturated carbocycles. The molecule has 1 N–H and O–H groups in total. The van der Waals surface area contributed by atoms with Gasteiger partial charge < -0.3 is 10.1 Å². The van der Waals surface area contributed by atoms with Gasteiger partial charge >= 0.3 is 0 Å². The molecule has 2 atom stereocenters. The van der Waals surface area contributed by atoms with Gasteiger partial charge in [-0.3, -0.25) is 4.90 Å². The SMILES string of the molecule is CCCNCC(C(C)C)N1CC(C)OC(C)(C)C1. The Kier molecular flexibility index (Phi) is 6.09. The maximum absolute atomic E-state index is 6.00. The summed E-state index contributed by atoms with van der Waals surface area (Å²) < 4.78 is 6.00. The Hall–Kier alpha value is -0.120. The molecule has 18 heavy (non-hydrogen) atoms. The largest absolute Gasteiger partial charge is 0.370 e. The molecule has 0 aromatic carbocycles. The molecule has 108 valence electrons. The summed E-state index contributed by atoms with van der Waals surface area (Å²) in [5.41, 5.74) is -0.0183. The second-order valence-corrected chi connectivity index (χ2v) is 6.63. The predicted octanol–water partition coefficient (Wildman–Crippen LogP) is 2.51. The quantitative estimate of drug-likeness (QED) is 0.739. The first-order valence-corrected chi connectivity index (χ1v) is 7.48. The van der Waals surface area contributed by atoms with Crippen LogP contribution in [-0.2, 0) is 4.74 Å². The maximum Gasteiger partial charge on any atom is 0.0757 e. The lowest BCUT2D eigenvalue weighted by Gasteiger charge is -2.46. The molecule has 3 nitrogen and oxygen atoms in total. The van der Waals surface area contributed by atoms with Gasteiger partial charge in [-0.1, -0.05) is 20.8 Å². The Morgan fingerprint density at radius 3 is 2.56 bits per heavy atom. The molecular formula is C15H32N2O. The molecule has 1 fully saturated rings. The fourth-order valence-electron chi connectivity index (χ4n) is 2.97. The van der Waals surface area contributed by atoms with Gasteiger partial charge in [0.05, 0.1) is 11.7 Å². The predicted molar refractivity (Wildman–Crippen MR) is 78.0 cm³/mol. The van der Waals surface area contributed by atoms with Crippen molar-refractivity contribution in [1.82, 2.24) is 10.2 Å². The molecule has 0 spiro atoms. The van der Waals surface area contributed by atoms with Crippen LogP contribution in [0.4, 0.5) is 0 Å². The van der Waals surface area contributed by atoms with Crippen LogP contribution in [0, 0.1) is 5.92 Å². The summed E-state index contributed by atoms with van der Waals surface area (Å²) in [5, 5.41) is 3.57. The highest BCUT2D eigenvalue weighted by Crippen LogP contribution is 2.24. The lowest BCUT2D eigenvalue weighted by Crippen LogP contribution is -2.58. The van der Waals surface area contributed by atoms with Gasteiger partial charge in [-0.15, -0.1) is 0 Å². The third-order valence-electron chi connectivity index (χ3n) is 3.61. The van der Waals surface area contributed by atoms with E-state index in [1.165, 1.54) is 6.42 Å². The smallest absolute Gasteiger partial charge is 0.0757 e. The fourth-order valence-corrected chi connectivity index (χ4v) is 2.97. The molecule has 0 aromatic heterocycles. The van der Waals surface area contributed by atoms with E-state index in [4.69, 9.17) is 4.74 Å². The molecule has 1 aliphatic rings. The zero-order chi connectivity index (χ0) is 13.8. The van der Waals surface area contributed by atoms with E-state index in [1.54, 1.807) is 0 Å². The number of nitrogens with zero attached hydrogens (tertiary/aromatic N) is 1. The molecule has 2 unspecified atom stereocenters. The Morgan fingerprint density at radius 2 is 2.06 bits per heavy atom. The van der Waals surface area contributed by atoms with Crippen molar-refractivity contribution in [3.8, 4) is 0 Å². The lowest BCUT2D eigenvalue weighted by molar-refractivity contribution is -0.141. The molecule has 1 rings (SSSR count). The molecule has 1 saturated heterocycles. The molecule has 1 aliphatic heterocycles. The monoisotopic (exact) mass is 256 g/mol. The summed E-state index contributed by atoms with van der Waals surface area (Å²) in [5.74, 6) is 0.676. The first kappa shape index (κ1) is 15.9. The van der Waals surface area contributed by atoms with Gasteiger partial charge in [0.2, 0.25) is 0 Å². The third-order valence-corrected chi connectivity index (χ3v) is 3.61. The van der Waals surface area contributed by atoms with Crippen LogP contribution in [0.3, 0.4) is 0 Å². The van der Waals surface area contributed by atoms with E-state index in [9.17, 15) is 0 Å². The summed E-state index contributed by atoms with van der Waals surface area (Å²) in [6, 6.07) is 0.613. The molecule has 0 aromatic rings. The number of nitrogens with one attached hydrogen (secondary N) is 1. The van der Waals surface area contributed by atoms with Gasteiger partial charge in [0.25, 0.3) is 0 Å². The van der Waals surface area contributed by atoms with Crippen molar-refractivity contribution < 1.29 is 4.74 Å². The van der Waals surface area contributed by atoms with Crippen LogP contribution in [0.1, 0.15) is 48.0 Å². The van der Waals surface area contributed by atoms with Crippen LogP contribution in [0.5, 0.6) is 0 Å². The number of ether oxygens (including phenoxy) is 1. The van der Waals surface area contributed by atoms with Crippen molar-refractivity contribution in [3.63, 3.8) is 0 Å². The van der Waals surface area contributed by atoms with Crippen molar-refractivity contribution in [1.29, 1.82) is 0 Å². The van der Waals surface area contributed by atoms with E-state index in [1.807, 2.05) is 0 Å². The fraction of sp³-hybridized carbons (Fsp3) is 1.00. The van der Waals surface area contributed by atoms with Gasteiger partial charge in [-0.25, -0.2) is 0 Å². The molecule has 0 radical (unpaired) electrons. The van der Waals surface area contributed by atoms with E-state index >= 15 is 0 Å². The first-order chi connectivity index (χ1) is 8.35. The van der Waals surface area contributed by atoms with Crippen LogP contribution in [0.15, 0.2) is 0 Å². The van der Waals surface area contributed by atoms with Crippen LogP contribution >= 0.6 is 0 Å². The molecule has 3 heteroatoms. The molecule has 0 aliphatic carbocycles. The Balaban J connectivity index is 2.60. The summed E-state index contributed by atoms with van der Waals surface area (Å²) in [4.78, 5) is 2.61. The number of hydrogen-bond donors (Lipinski definition) is 1. The Labute approximate surface area is 113 Å². The van der Waals surface area contributed by atoms with Gasteiger partial charge in [0, 0.05) is 25.7 Å². The number of morpholine rings is 1. The highest BCUT2D eigenvalue weighted by Gasteiger charge is 2.35. The molecule has 0 amide bonds.